The summed E-state index contributed by atoms with van der Waals surface area (Å²) in [5.41, 5.74) is 0.0919. The highest BCUT2D eigenvalue weighted by Crippen LogP contribution is 2.30. The number of hydrogen-bond acceptors (Lipinski definition) is 2. The van der Waals surface area contributed by atoms with Gasteiger partial charge in [0.2, 0.25) is 5.91 Å². The molecule has 0 radical (unpaired) electrons. The van der Waals surface area contributed by atoms with Gasteiger partial charge >= 0.3 is 0 Å². The molecule has 1 aromatic carbocycles. The van der Waals surface area contributed by atoms with Gasteiger partial charge in [-0.2, -0.15) is 0 Å². The highest BCUT2D eigenvalue weighted by Gasteiger charge is 2.43. The first-order chi connectivity index (χ1) is 8.06. The highest BCUT2D eigenvalue weighted by molar-refractivity contribution is 6.30. The standard InChI is InChI=1S/C13H16ClNO2/c1-2-13(17)8-15(9-13)12(16)11(14)10-6-4-3-5-7-10/h3-7,11,17H,2,8-9H2,1H3. The van der Waals surface area contributed by atoms with Crippen molar-refractivity contribution in [3.8, 4) is 0 Å². The van der Waals surface area contributed by atoms with Crippen molar-refractivity contribution in [2.45, 2.75) is 24.3 Å². The van der Waals surface area contributed by atoms with Crippen LogP contribution in [0.1, 0.15) is 24.3 Å². The van der Waals surface area contributed by atoms with Gasteiger partial charge in [0.25, 0.3) is 0 Å². The van der Waals surface area contributed by atoms with Crippen molar-refractivity contribution < 1.29 is 9.90 Å². The predicted octanol–water partition coefficient (Wildman–Crippen LogP) is 1.95. The van der Waals surface area contributed by atoms with Crippen molar-refractivity contribution in [3.63, 3.8) is 0 Å². The number of hydrogen-bond donors (Lipinski definition) is 1. The van der Waals surface area contributed by atoms with E-state index < -0.39 is 11.0 Å². The molecule has 1 aliphatic rings. The molecule has 17 heavy (non-hydrogen) atoms. The van der Waals surface area contributed by atoms with Gasteiger partial charge < -0.3 is 10.0 Å². The average Bonchev–Trinajstić information content (AvgIpc) is 2.34. The molecule has 2 rings (SSSR count). The summed E-state index contributed by atoms with van der Waals surface area (Å²) >= 11 is 6.13. The minimum absolute atomic E-state index is 0.129. The lowest BCUT2D eigenvalue weighted by molar-refractivity contribution is -0.155. The second kappa shape index (κ2) is 4.67. The molecule has 0 spiro atoms. The molecule has 1 heterocycles. The first kappa shape index (κ1) is 12.4. The Morgan fingerprint density at radius 1 is 1.47 bits per heavy atom. The fourth-order valence-electron chi connectivity index (χ4n) is 1.97. The Morgan fingerprint density at radius 2 is 2.06 bits per heavy atom. The lowest BCUT2D eigenvalue weighted by Gasteiger charge is -2.46. The largest absolute Gasteiger partial charge is 0.386 e. The molecular formula is C13H16ClNO2. The second-order valence-electron chi connectivity index (χ2n) is 4.55. The smallest absolute Gasteiger partial charge is 0.245 e. The zero-order valence-electron chi connectivity index (χ0n) is 9.77. The number of β-amino-alcohol motifs (C(OH)–C–C–N with tert-alkyl or cyclic N) is 1. The molecule has 0 saturated carbocycles. The van der Waals surface area contributed by atoms with E-state index in [4.69, 9.17) is 11.6 Å². The molecule has 1 aliphatic heterocycles. The van der Waals surface area contributed by atoms with Crippen LogP contribution in [0, 0.1) is 0 Å². The van der Waals surface area contributed by atoms with Gasteiger partial charge in [-0.25, -0.2) is 0 Å². The number of halogens is 1. The fraction of sp³-hybridized carbons (Fsp3) is 0.462. The third kappa shape index (κ3) is 2.45. The van der Waals surface area contributed by atoms with Gasteiger partial charge in [0.1, 0.15) is 5.38 Å². The molecule has 1 N–H and O–H groups in total. The summed E-state index contributed by atoms with van der Waals surface area (Å²) in [7, 11) is 0. The van der Waals surface area contributed by atoms with Crippen LogP contribution in [0.2, 0.25) is 0 Å². The summed E-state index contributed by atoms with van der Waals surface area (Å²) in [5, 5.41) is 9.20. The lowest BCUT2D eigenvalue weighted by Crippen LogP contribution is -2.63. The minimum Gasteiger partial charge on any atom is -0.386 e. The number of carbonyl (C=O) groups is 1. The van der Waals surface area contributed by atoms with Gasteiger partial charge in [0.15, 0.2) is 0 Å². The topological polar surface area (TPSA) is 40.5 Å². The van der Waals surface area contributed by atoms with Crippen molar-refractivity contribution in [1.29, 1.82) is 0 Å². The molecule has 1 atom stereocenters. The Labute approximate surface area is 106 Å². The van der Waals surface area contributed by atoms with E-state index >= 15 is 0 Å². The Kier molecular flexibility index (Phi) is 3.40. The third-order valence-corrected chi connectivity index (χ3v) is 3.69. The van der Waals surface area contributed by atoms with Crippen LogP contribution in [0.4, 0.5) is 0 Å². The zero-order valence-corrected chi connectivity index (χ0v) is 10.5. The first-order valence-corrected chi connectivity index (χ1v) is 6.19. The van der Waals surface area contributed by atoms with Gasteiger partial charge in [-0.1, -0.05) is 37.3 Å². The quantitative estimate of drug-likeness (QED) is 0.837. The summed E-state index contributed by atoms with van der Waals surface area (Å²) < 4.78 is 0. The summed E-state index contributed by atoms with van der Waals surface area (Å²) in [6, 6.07) is 9.27. The van der Waals surface area contributed by atoms with E-state index in [9.17, 15) is 9.90 Å². The molecular weight excluding hydrogens is 238 g/mol. The van der Waals surface area contributed by atoms with Crippen LogP contribution in [0.3, 0.4) is 0 Å². The molecule has 1 aromatic rings. The zero-order chi connectivity index (χ0) is 12.5. The molecule has 0 aromatic heterocycles. The monoisotopic (exact) mass is 253 g/mol. The lowest BCUT2D eigenvalue weighted by atomic mass is 9.90. The molecule has 1 saturated heterocycles. The number of nitrogens with zero attached hydrogens (tertiary/aromatic N) is 1. The maximum absolute atomic E-state index is 12.0. The fourth-order valence-corrected chi connectivity index (χ4v) is 2.25. The van der Waals surface area contributed by atoms with Crippen molar-refractivity contribution >= 4 is 17.5 Å². The van der Waals surface area contributed by atoms with Crippen LogP contribution in [0.15, 0.2) is 30.3 Å². The number of carbonyl (C=O) groups excluding carboxylic acids is 1. The number of benzene rings is 1. The van der Waals surface area contributed by atoms with Crippen molar-refractivity contribution in [1.82, 2.24) is 4.90 Å². The van der Waals surface area contributed by atoms with E-state index in [1.54, 1.807) is 4.90 Å². The number of amides is 1. The average molecular weight is 254 g/mol. The van der Waals surface area contributed by atoms with Crippen molar-refractivity contribution in [3.05, 3.63) is 35.9 Å². The Bertz CT molecular complexity index is 401. The van der Waals surface area contributed by atoms with Crippen molar-refractivity contribution in [2.75, 3.05) is 13.1 Å². The van der Waals surface area contributed by atoms with Gasteiger partial charge in [0.05, 0.1) is 18.7 Å². The second-order valence-corrected chi connectivity index (χ2v) is 4.98. The molecule has 4 heteroatoms. The summed E-state index contributed by atoms with van der Waals surface area (Å²) in [6.45, 7) is 2.69. The Morgan fingerprint density at radius 3 is 2.59 bits per heavy atom. The predicted molar refractivity (Wildman–Crippen MR) is 66.9 cm³/mol. The number of rotatable bonds is 3. The molecule has 0 bridgehead atoms. The van der Waals surface area contributed by atoms with E-state index in [0.717, 1.165) is 5.56 Å². The number of alkyl halides is 1. The summed E-state index contributed by atoms with van der Waals surface area (Å²) in [6.07, 6.45) is 0.662. The van der Waals surface area contributed by atoms with E-state index in [2.05, 4.69) is 0 Å². The van der Waals surface area contributed by atoms with Crippen LogP contribution < -0.4 is 0 Å². The molecule has 1 amide bonds. The maximum atomic E-state index is 12.0. The maximum Gasteiger partial charge on any atom is 0.245 e. The third-order valence-electron chi connectivity index (χ3n) is 3.25. The van der Waals surface area contributed by atoms with Gasteiger partial charge in [-0.15, -0.1) is 11.6 Å². The van der Waals surface area contributed by atoms with Crippen LogP contribution in [0.5, 0.6) is 0 Å². The van der Waals surface area contributed by atoms with Gasteiger partial charge in [-0.05, 0) is 12.0 Å². The number of likely N-dealkylation sites (tertiary alicyclic amines) is 1. The SMILES string of the molecule is CCC1(O)CN(C(=O)C(Cl)c2ccccc2)C1. The summed E-state index contributed by atoms with van der Waals surface area (Å²) in [4.78, 5) is 13.6. The molecule has 92 valence electrons. The van der Waals surface area contributed by atoms with E-state index in [1.807, 2.05) is 37.3 Å². The van der Waals surface area contributed by atoms with Gasteiger partial charge in [-0.3, -0.25) is 4.79 Å². The molecule has 3 nitrogen and oxygen atoms in total. The molecule has 1 unspecified atom stereocenters. The Hall–Kier alpha value is -1.06. The van der Waals surface area contributed by atoms with Crippen molar-refractivity contribution in [2.24, 2.45) is 0 Å². The van der Waals surface area contributed by atoms with Crippen LogP contribution >= 0.6 is 11.6 Å². The van der Waals surface area contributed by atoms with Gasteiger partial charge in [0, 0.05) is 0 Å². The highest BCUT2D eigenvalue weighted by atomic mass is 35.5. The number of aliphatic hydroxyl groups is 1. The van der Waals surface area contributed by atoms with Crippen LogP contribution in [0.25, 0.3) is 0 Å². The minimum atomic E-state index is -0.705. The molecule has 1 fully saturated rings. The van der Waals surface area contributed by atoms with E-state index in [1.165, 1.54) is 0 Å². The first-order valence-electron chi connectivity index (χ1n) is 5.76. The molecule has 0 aliphatic carbocycles. The van der Waals surface area contributed by atoms with E-state index in [-0.39, 0.29) is 5.91 Å². The Balaban J connectivity index is 1.99. The summed E-state index contributed by atoms with van der Waals surface area (Å²) in [5.74, 6) is -0.129. The van der Waals surface area contributed by atoms with Crippen LogP contribution in [-0.2, 0) is 4.79 Å². The van der Waals surface area contributed by atoms with E-state index in [0.29, 0.717) is 19.5 Å². The van der Waals surface area contributed by atoms with Crippen LogP contribution in [-0.4, -0.2) is 34.6 Å². The normalized spacial score (nSPS) is 19.6.